The third kappa shape index (κ3) is 3.66. The fourth-order valence-electron chi connectivity index (χ4n) is 2.48. The van der Waals surface area contributed by atoms with Crippen LogP contribution in [0.3, 0.4) is 0 Å². The molecule has 2 heteroatoms. The molecule has 2 rings (SSSR count). The maximum Gasteiger partial charge on any atom is 0.0338 e. The van der Waals surface area contributed by atoms with Crippen LogP contribution in [0, 0.1) is 5.92 Å². The summed E-state index contributed by atoms with van der Waals surface area (Å²) in [7, 11) is 0. The Bertz CT molecular complexity index is 362. The highest BCUT2D eigenvalue weighted by Crippen LogP contribution is 2.42. The molecule has 17 heavy (non-hydrogen) atoms. The average molecular weight is 269 g/mol. The molecule has 1 aromatic carbocycles. The van der Waals surface area contributed by atoms with Crippen LogP contribution in [-0.2, 0) is 0 Å². The maximum absolute atomic E-state index is 6.37. The lowest BCUT2D eigenvalue weighted by Crippen LogP contribution is -2.06. The van der Waals surface area contributed by atoms with Crippen LogP contribution >= 0.6 is 23.4 Å². The first-order chi connectivity index (χ1) is 8.16. The second-order valence-corrected chi connectivity index (χ2v) is 7.03. The fourth-order valence-corrected chi connectivity index (χ4v) is 4.27. The predicted octanol–water partition coefficient (Wildman–Crippen LogP) is 5.31. The van der Waals surface area contributed by atoms with E-state index in [9.17, 15) is 0 Å². The number of rotatable bonds is 5. The summed E-state index contributed by atoms with van der Waals surface area (Å²) >= 11 is 8.37. The molecule has 1 aliphatic rings. The summed E-state index contributed by atoms with van der Waals surface area (Å²) < 4.78 is 0. The molecule has 0 nitrogen and oxygen atoms in total. The number of hydrogen-bond acceptors (Lipinski definition) is 1. The van der Waals surface area contributed by atoms with Gasteiger partial charge in [-0.05, 0) is 42.7 Å². The summed E-state index contributed by atoms with van der Waals surface area (Å²) in [5.74, 6) is 2.68. The zero-order valence-electron chi connectivity index (χ0n) is 10.7. The summed E-state index contributed by atoms with van der Waals surface area (Å²) in [4.78, 5) is 1.48. The molecule has 0 amide bonds. The van der Waals surface area contributed by atoms with E-state index in [1.54, 1.807) is 5.56 Å². The number of benzene rings is 1. The number of alkyl halides is 1. The van der Waals surface area contributed by atoms with Crippen molar-refractivity contribution < 1.29 is 0 Å². The Morgan fingerprint density at radius 2 is 2.12 bits per heavy atom. The van der Waals surface area contributed by atoms with Gasteiger partial charge in [0.25, 0.3) is 0 Å². The SMILES string of the molecule is CC(C)CC(Cl)CCC1CSc2ccccc21. The number of hydrogen-bond donors (Lipinski definition) is 0. The third-order valence-corrected chi connectivity index (χ3v) is 5.00. The van der Waals surface area contributed by atoms with E-state index in [4.69, 9.17) is 11.6 Å². The summed E-state index contributed by atoms with van der Waals surface area (Å²) in [5.41, 5.74) is 1.55. The molecule has 0 spiro atoms. The molecule has 0 bridgehead atoms. The van der Waals surface area contributed by atoms with Crippen LogP contribution in [0.2, 0.25) is 0 Å². The van der Waals surface area contributed by atoms with Crippen LogP contribution in [0.15, 0.2) is 29.2 Å². The van der Waals surface area contributed by atoms with Crippen LogP contribution in [0.5, 0.6) is 0 Å². The van der Waals surface area contributed by atoms with Crippen LogP contribution in [0.4, 0.5) is 0 Å². The Hall–Kier alpha value is -0.140. The summed E-state index contributed by atoms with van der Waals surface area (Å²) in [5, 5.41) is 0.354. The van der Waals surface area contributed by atoms with E-state index >= 15 is 0 Å². The second-order valence-electron chi connectivity index (χ2n) is 5.35. The average Bonchev–Trinajstić information content (AvgIpc) is 2.69. The lowest BCUT2D eigenvalue weighted by atomic mass is 9.94. The van der Waals surface area contributed by atoms with Crippen molar-refractivity contribution in [1.29, 1.82) is 0 Å². The lowest BCUT2D eigenvalue weighted by molar-refractivity contribution is 0.518. The maximum atomic E-state index is 6.37. The quantitative estimate of drug-likeness (QED) is 0.652. The van der Waals surface area contributed by atoms with Crippen molar-refractivity contribution in [2.75, 3.05) is 5.75 Å². The first-order valence-electron chi connectivity index (χ1n) is 6.52. The van der Waals surface area contributed by atoms with Gasteiger partial charge in [0.2, 0.25) is 0 Å². The summed E-state index contributed by atoms with van der Waals surface area (Å²) in [6.45, 7) is 4.49. The van der Waals surface area contributed by atoms with Crippen LogP contribution in [-0.4, -0.2) is 11.1 Å². The molecule has 0 fully saturated rings. The number of thioether (sulfide) groups is 1. The zero-order chi connectivity index (χ0) is 12.3. The van der Waals surface area contributed by atoms with Gasteiger partial charge in [-0.3, -0.25) is 0 Å². The van der Waals surface area contributed by atoms with Crippen molar-refractivity contribution in [3.63, 3.8) is 0 Å². The van der Waals surface area contributed by atoms with Crippen molar-refractivity contribution >= 4 is 23.4 Å². The second kappa shape index (κ2) is 6.15. The smallest absolute Gasteiger partial charge is 0.0338 e. The molecule has 0 radical (unpaired) electrons. The highest BCUT2D eigenvalue weighted by Gasteiger charge is 2.23. The van der Waals surface area contributed by atoms with E-state index in [1.165, 1.54) is 17.1 Å². The van der Waals surface area contributed by atoms with Gasteiger partial charge in [-0.15, -0.1) is 23.4 Å². The van der Waals surface area contributed by atoms with E-state index in [0.29, 0.717) is 11.3 Å². The zero-order valence-corrected chi connectivity index (χ0v) is 12.2. The molecule has 2 atom stereocenters. The Morgan fingerprint density at radius 1 is 1.35 bits per heavy atom. The van der Waals surface area contributed by atoms with Crippen molar-refractivity contribution in [2.45, 2.75) is 49.3 Å². The predicted molar refractivity (Wildman–Crippen MR) is 78.2 cm³/mol. The summed E-state index contributed by atoms with van der Waals surface area (Å²) in [6, 6.07) is 8.82. The number of fused-ring (bicyclic) bond motifs is 1. The minimum absolute atomic E-state index is 0.354. The molecule has 1 aromatic rings. The lowest BCUT2D eigenvalue weighted by Gasteiger charge is -2.15. The third-order valence-electron chi connectivity index (χ3n) is 3.35. The molecule has 1 aliphatic heterocycles. The van der Waals surface area contributed by atoms with E-state index in [0.717, 1.165) is 18.8 Å². The highest BCUT2D eigenvalue weighted by molar-refractivity contribution is 7.99. The Morgan fingerprint density at radius 3 is 2.88 bits per heavy atom. The normalized spacial score (nSPS) is 20.6. The monoisotopic (exact) mass is 268 g/mol. The largest absolute Gasteiger partial charge is 0.125 e. The van der Waals surface area contributed by atoms with Crippen molar-refractivity contribution in [2.24, 2.45) is 5.92 Å². The highest BCUT2D eigenvalue weighted by atomic mass is 35.5. The first kappa shape index (κ1) is 13.3. The molecule has 94 valence electrons. The van der Waals surface area contributed by atoms with E-state index in [2.05, 4.69) is 38.1 Å². The van der Waals surface area contributed by atoms with Crippen molar-refractivity contribution in [1.82, 2.24) is 0 Å². The topological polar surface area (TPSA) is 0 Å². The molecular weight excluding hydrogens is 248 g/mol. The molecule has 1 heterocycles. The van der Waals surface area contributed by atoms with Gasteiger partial charge in [0.15, 0.2) is 0 Å². The molecule has 0 aromatic heterocycles. The van der Waals surface area contributed by atoms with E-state index < -0.39 is 0 Å². The van der Waals surface area contributed by atoms with E-state index in [1.807, 2.05) is 11.8 Å². The van der Waals surface area contributed by atoms with Crippen molar-refractivity contribution in [3.05, 3.63) is 29.8 Å². The van der Waals surface area contributed by atoms with Crippen LogP contribution in [0.25, 0.3) is 0 Å². The van der Waals surface area contributed by atoms with Crippen LogP contribution < -0.4 is 0 Å². The van der Waals surface area contributed by atoms with Gasteiger partial charge < -0.3 is 0 Å². The van der Waals surface area contributed by atoms with Gasteiger partial charge in [-0.1, -0.05) is 32.0 Å². The Kier molecular flexibility index (Phi) is 4.81. The van der Waals surface area contributed by atoms with Gasteiger partial charge in [0.1, 0.15) is 0 Å². The Balaban J connectivity index is 1.85. The first-order valence-corrected chi connectivity index (χ1v) is 7.95. The van der Waals surface area contributed by atoms with Gasteiger partial charge in [0.05, 0.1) is 0 Å². The molecule has 0 saturated heterocycles. The minimum atomic E-state index is 0.354. The molecule has 2 unspecified atom stereocenters. The number of halogens is 1. The molecule has 0 aliphatic carbocycles. The molecule has 0 saturated carbocycles. The Labute approximate surface area is 114 Å². The molecular formula is C15H21ClS. The van der Waals surface area contributed by atoms with Crippen LogP contribution in [0.1, 0.15) is 44.6 Å². The minimum Gasteiger partial charge on any atom is -0.125 e. The van der Waals surface area contributed by atoms with Gasteiger partial charge in [-0.25, -0.2) is 0 Å². The summed E-state index contributed by atoms with van der Waals surface area (Å²) in [6.07, 6.45) is 3.53. The van der Waals surface area contributed by atoms with Gasteiger partial charge in [0, 0.05) is 16.0 Å². The fraction of sp³-hybridized carbons (Fsp3) is 0.600. The van der Waals surface area contributed by atoms with Crippen molar-refractivity contribution in [3.8, 4) is 0 Å². The molecule has 0 N–H and O–H groups in total. The van der Waals surface area contributed by atoms with Gasteiger partial charge in [-0.2, -0.15) is 0 Å². The van der Waals surface area contributed by atoms with E-state index in [-0.39, 0.29) is 0 Å². The standard InChI is InChI=1S/C15H21ClS/c1-11(2)9-13(16)8-7-12-10-17-15-6-4-3-5-14(12)15/h3-6,11-13H,7-10H2,1-2H3. The van der Waals surface area contributed by atoms with Gasteiger partial charge >= 0.3 is 0 Å².